The maximum atomic E-state index is 12.4. The summed E-state index contributed by atoms with van der Waals surface area (Å²) in [5, 5.41) is 6.38. The van der Waals surface area contributed by atoms with E-state index >= 15 is 0 Å². The van der Waals surface area contributed by atoms with Crippen molar-refractivity contribution in [2.24, 2.45) is 0 Å². The number of hydrogen-bond donors (Lipinski definition) is 3. The third-order valence-corrected chi connectivity index (χ3v) is 5.30. The molecule has 0 aliphatic rings. The zero-order valence-electron chi connectivity index (χ0n) is 17.6. The average molecular weight is 447 g/mol. The predicted octanol–water partition coefficient (Wildman–Crippen LogP) is 6.26. The van der Waals surface area contributed by atoms with E-state index in [1.165, 1.54) is 0 Å². The lowest BCUT2D eigenvalue weighted by Crippen LogP contribution is -2.11. The number of imidazole rings is 1. The number of aromatic amines is 1. The van der Waals surface area contributed by atoms with Gasteiger partial charge in [-0.3, -0.25) is 9.59 Å². The zero-order valence-corrected chi connectivity index (χ0v) is 18.4. The molecule has 32 heavy (non-hydrogen) atoms. The Kier molecular flexibility index (Phi) is 6.52. The second-order valence-corrected chi connectivity index (χ2v) is 7.94. The molecule has 0 spiro atoms. The number of amides is 2. The SMILES string of the molecule is CCCCC(=O)Nc1ccc2nc(-c3ccc(NC(=O)c4ccc(Cl)cc4)cc3)[nH]c2c1. The lowest BCUT2D eigenvalue weighted by atomic mass is 10.1. The number of fused-ring (bicyclic) bond motifs is 1. The van der Waals surface area contributed by atoms with E-state index in [0.29, 0.717) is 28.5 Å². The van der Waals surface area contributed by atoms with Gasteiger partial charge in [0.1, 0.15) is 5.82 Å². The van der Waals surface area contributed by atoms with Crippen molar-refractivity contribution in [3.63, 3.8) is 0 Å². The number of H-pyrrole nitrogens is 1. The Morgan fingerprint density at radius 1 is 0.938 bits per heavy atom. The first-order valence-electron chi connectivity index (χ1n) is 10.5. The highest BCUT2D eigenvalue weighted by atomic mass is 35.5. The molecule has 0 fully saturated rings. The second-order valence-electron chi connectivity index (χ2n) is 7.51. The van der Waals surface area contributed by atoms with Crippen LogP contribution in [0, 0.1) is 0 Å². The fourth-order valence-corrected chi connectivity index (χ4v) is 3.43. The third kappa shape index (κ3) is 5.15. The zero-order chi connectivity index (χ0) is 22.5. The minimum Gasteiger partial charge on any atom is -0.338 e. The molecule has 3 N–H and O–H groups in total. The van der Waals surface area contributed by atoms with Gasteiger partial charge in [0.15, 0.2) is 0 Å². The molecule has 0 aliphatic carbocycles. The Labute approximate surface area is 191 Å². The Hall–Kier alpha value is -3.64. The molecule has 1 aromatic heterocycles. The summed E-state index contributed by atoms with van der Waals surface area (Å²) < 4.78 is 0. The Morgan fingerprint density at radius 2 is 1.66 bits per heavy atom. The topological polar surface area (TPSA) is 86.9 Å². The summed E-state index contributed by atoms with van der Waals surface area (Å²) in [4.78, 5) is 32.3. The molecular weight excluding hydrogens is 424 g/mol. The molecule has 162 valence electrons. The lowest BCUT2D eigenvalue weighted by molar-refractivity contribution is -0.116. The van der Waals surface area contributed by atoms with Crippen molar-refractivity contribution in [1.82, 2.24) is 9.97 Å². The molecule has 0 bridgehead atoms. The van der Waals surface area contributed by atoms with Crippen LogP contribution in [0.15, 0.2) is 66.7 Å². The van der Waals surface area contributed by atoms with Crippen LogP contribution in [0.5, 0.6) is 0 Å². The van der Waals surface area contributed by atoms with Crippen LogP contribution in [0.1, 0.15) is 36.5 Å². The maximum absolute atomic E-state index is 12.4. The highest BCUT2D eigenvalue weighted by Crippen LogP contribution is 2.24. The Morgan fingerprint density at radius 3 is 2.38 bits per heavy atom. The lowest BCUT2D eigenvalue weighted by Gasteiger charge is -2.06. The summed E-state index contributed by atoms with van der Waals surface area (Å²) in [5.41, 5.74) is 4.50. The number of halogens is 1. The van der Waals surface area contributed by atoms with Gasteiger partial charge in [0.25, 0.3) is 5.91 Å². The number of unbranched alkanes of at least 4 members (excludes halogenated alkanes) is 1. The van der Waals surface area contributed by atoms with Crippen molar-refractivity contribution in [2.45, 2.75) is 26.2 Å². The van der Waals surface area contributed by atoms with Crippen LogP contribution in [0.3, 0.4) is 0 Å². The third-order valence-electron chi connectivity index (χ3n) is 5.05. The number of nitrogens with zero attached hydrogens (tertiary/aromatic N) is 1. The molecule has 1 heterocycles. The van der Waals surface area contributed by atoms with Gasteiger partial charge in [-0.25, -0.2) is 4.98 Å². The first kappa shape index (κ1) is 21.6. The number of anilines is 2. The molecule has 0 aliphatic heterocycles. The number of hydrogen-bond acceptors (Lipinski definition) is 3. The Bertz CT molecular complexity index is 1250. The minimum absolute atomic E-state index is 0.0159. The minimum atomic E-state index is -0.202. The van der Waals surface area contributed by atoms with Gasteiger partial charge in [0.05, 0.1) is 11.0 Å². The van der Waals surface area contributed by atoms with Gasteiger partial charge in [-0.2, -0.15) is 0 Å². The highest BCUT2D eigenvalue weighted by molar-refractivity contribution is 6.30. The molecular formula is C25H23ClN4O2. The predicted molar refractivity (Wildman–Crippen MR) is 129 cm³/mol. The van der Waals surface area contributed by atoms with Gasteiger partial charge in [0.2, 0.25) is 5.91 Å². The second kappa shape index (κ2) is 9.66. The smallest absolute Gasteiger partial charge is 0.255 e. The molecule has 7 heteroatoms. The van der Waals surface area contributed by atoms with Crippen LogP contribution in [0.2, 0.25) is 5.02 Å². The number of benzene rings is 3. The summed E-state index contributed by atoms with van der Waals surface area (Å²) in [7, 11) is 0. The summed E-state index contributed by atoms with van der Waals surface area (Å²) in [6.45, 7) is 2.06. The van der Waals surface area contributed by atoms with Gasteiger partial charge in [0, 0.05) is 33.9 Å². The van der Waals surface area contributed by atoms with Crippen molar-refractivity contribution < 1.29 is 9.59 Å². The first-order chi connectivity index (χ1) is 15.5. The van der Waals surface area contributed by atoms with Gasteiger partial charge in [-0.05, 0) is 73.2 Å². The number of rotatable bonds is 7. The highest BCUT2D eigenvalue weighted by Gasteiger charge is 2.09. The first-order valence-corrected chi connectivity index (χ1v) is 10.9. The van der Waals surface area contributed by atoms with Gasteiger partial charge in [-0.15, -0.1) is 0 Å². The van der Waals surface area contributed by atoms with Gasteiger partial charge >= 0.3 is 0 Å². The number of nitrogens with one attached hydrogen (secondary N) is 3. The van der Waals surface area contributed by atoms with Crippen molar-refractivity contribution in [2.75, 3.05) is 10.6 Å². The maximum Gasteiger partial charge on any atom is 0.255 e. The molecule has 0 unspecified atom stereocenters. The van der Waals surface area contributed by atoms with Crippen LogP contribution in [-0.2, 0) is 4.79 Å². The summed E-state index contributed by atoms with van der Waals surface area (Å²) in [6.07, 6.45) is 2.38. The quantitative estimate of drug-likeness (QED) is 0.313. The van der Waals surface area contributed by atoms with Crippen molar-refractivity contribution in [3.8, 4) is 11.4 Å². The van der Waals surface area contributed by atoms with Crippen molar-refractivity contribution >= 4 is 45.8 Å². The molecule has 0 saturated carbocycles. The van der Waals surface area contributed by atoms with E-state index in [1.54, 1.807) is 24.3 Å². The van der Waals surface area contributed by atoms with E-state index in [-0.39, 0.29) is 11.8 Å². The van der Waals surface area contributed by atoms with E-state index in [4.69, 9.17) is 11.6 Å². The van der Waals surface area contributed by atoms with Crippen molar-refractivity contribution in [1.29, 1.82) is 0 Å². The number of carbonyl (C=O) groups excluding carboxylic acids is 2. The molecule has 4 aromatic rings. The van der Waals surface area contributed by atoms with Crippen LogP contribution < -0.4 is 10.6 Å². The Balaban J connectivity index is 1.46. The largest absolute Gasteiger partial charge is 0.338 e. The molecule has 0 atom stereocenters. The molecule has 4 rings (SSSR count). The fraction of sp³-hybridized carbons (Fsp3) is 0.160. The van der Waals surface area contributed by atoms with E-state index in [0.717, 1.165) is 35.1 Å². The van der Waals surface area contributed by atoms with E-state index in [2.05, 4.69) is 27.5 Å². The number of aromatic nitrogens is 2. The van der Waals surface area contributed by atoms with Gasteiger partial charge < -0.3 is 15.6 Å². The normalized spacial score (nSPS) is 10.8. The summed E-state index contributed by atoms with van der Waals surface area (Å²) in [6, 6.07) is 19.8. The van der Waals surface area contributed by atoms with Crippen LogP contribution >= 0.6 is 11.6 Å². The fourth-order valence-electron chi connectivity index (χ4n) is 3.30. The average Bonchev–Trinajstić information content (AvgIpc) is 3.22. The van der Waals surface area contributed by atoms with E-state index < -0.39 is 0 Å². The molecule has 2 amide bonds. The summed E-state index contributed by atoms with van der Waals surface area (Å²) >= 11 is 5.87. The van der Waals surface area contributed by atoms with E-state index in [1.807, 2.05) is 42.5 Å². The summed E-state index contributed by atoms with van der Waals surface area (Å²) in [5.74, 6) is 0.527. The molecule has 0 saturated heterocycles. The molecule has 0 radical (unpaired) electrons. The van der Waals surface area contributed by atoms with Crippen LogP contribution in [0.4, 0.5) is 11.4 Å². The van der Waals surface area contributed by atoms with Crippen LogP contribution in [0.25, 0.3) is 22.4 Å². The number of carbonyl (C=O) groups is 2. The standard InChI is InChI=1S/C25H23ClN4O2/c1-2-3-4-23(31)27-20-13-14-21-22(15-20)30-24(29-21)16-7-11-19(12-8-16)28-25(32)17-5-9-18(26)10-6-17/h5-15H,2-4H2,1H3,(H,27,31)(H,28,32)(H,29,30). The molecule has 6 nitrogen and oxygen atoms in total. The van der Waals surface area contributed by atoms with Gasteiger partial charge in [-0.1, -0.05) is 24.9 Å². The van der Waals surface area contributed by atoms with Crippen molar-refractivity contribution in [3.05, 3.63) is 77.3 Å². The van der Waals surface area contributed by atoms with E-state index in [9.17, 15) is 9.59 Å². The van der Waals surface area contributed by atoms with Crippen LogP contribution in [-0.4, -0.2) is 21.8 Å². The molecule has 3 aromatic carbocycles. The monoisotopic (exact) mass is 446 g/mol.